The summed E-state index contributed by atoms with van der Waals surface area (Å²) in [6, 6.07) is 10.3. The van der Waals surface area contributed by atoms with Gasteiger partial charge in [-0.05, 0) is 54.8 Å². The number of carbonyl (C=O) groups is 3. The van der Waals surface area contributed by atoms with E-state index in [0.29, 0.717) is 17.0 Å². The number of hydrogen-bond acceptors (Lipinski definition) is 4. The van der Waals surface area contributed by atoms with Crippen LogP contribution in [-0.2, 0) is 4.79 Å². The Balaban J connectivity index is 2.16. The number of anilines is 1. The molecule has 2 rings (SSSR count). The molecule has 0 saturated heterocycles. The first-order valence-electron chi connectivity index (χ1n) is 8.82. The lowest BCUT2D eigenvalue weighted by Gasteiger charge is -2.22. The molecule has 0 saturated carbocycles. The number of benzene rings is 2. The van der Waals surface area contributed by atoms with E-state index in [2.05, 4.69) is 10.6 Å². The number of rotatable bonds is 7. The molecular formula is C21H24N2O5. The normalized spacial score (nSPS) is 11.6. The lowest BCUT2D eigenvalue weighted by molar-refractivity contribution is -0.118. The number of methoxy groups -OCH3 is 1. The summed E-state index contributed by atoms with van der Waals surface area (Å²) in [4.78, 5) is 36.4. The van der Waals surface area contributed by atoms with Crippen LogP contribution < -0.4 is 15.4 Å². The Morgan fingerprint density at radius 1 is 1.00 bits per heavy atom. The van der Waals surface area contributed by atoms with Gasteiger partial charge in [-0.25, -0.2) is 4.79 Å². The van der Waals surface area contributed by atoms with Crippen molar-refractivity contribution < 1.29 is 24.2 Å². The number of aryl methyl sites for hydroxylation is 1. The van der Waals surface area contributed by atoms with Crippen LogP contribution in [-0.4, -0.2) is 36.0 Å². The van der Waals surface area contributed by atoms with Crippen LogP contribution in [0.25, 0.3) is 0 Å². The topological polar surface area (TPSA) is 105 Å². The van der Waals surface area contributed by atoms with E-state index in [-0.39, 0.29) is 17.4 Å². The molecule has 0 aliphatic heterocycles. The lowest BCUT2D eigenvalue weighted by Crippen LogP contribution is -2.47. The molecular weight excluding hydrogens is 360 g/mol. The summed E-state index contributed by atoms with van der Waals surface area (Å²) >= 11 is 0. The van der Waals surface area contributed by atoms with Gasteiger partial charge in [-0.15, -0.1) is 0 Å². The van der Waals surface area contributed by atoms with Gasteiger partial charge in [0.05, 0.1) is 12.7 Å². The van der Waals surface area contributed by atoms with E-state index >= 15 is 0 Å². The fraction of sp³-hybridized carbons (Fsp3) is 0.286. The Kier molecular flexibility index (Phi) is 6.76. The SMILES string of the molecule is COc1ccc(C(=O)NC(C(=O)Nc2cc(C(=O)O)ccc2C)C(C)C)cc1. The van der Waals surface area contributed by atoms with Crippen LogP contribution in [0, 0.1) is 12.8 Å². The van der Waals surface area contributed by atoms with Gasteiger partial charge in [-0.1, -0.05) is 19.9 Å². The second-order valence-corrected chi connectivity index (χ2v) is 6.75. The third kappa shape index (κ3) is 5.09. The van der Waals surface area contributed by atoms with Gasteiger partial charge in [0, 0.05) is 11.3 Å². The van der Waals surface area contributed by atoms with Crippen molar-refractivity contribution in [3.8, 4) is 5.75 Å². The smallest absolute Gasteiger partial charge is 0.335 e. The molecule has 1 unspecified atom stereocenters. The first kappa shape index (κ1) is 21.0. The third-order valence-corrected chi connectivity index (χ3v) is 4.33. The maximum atomic E-state index is 12.8. The Hall–Kier alpha value is -3.35. The summed E-state index contributed by atoms with van der Waals surface area (Å²) in [6.45, 7) is 5.40. The second-order valence-electron chi connectivity index (χ2n) is 6.75. The highest BCUT2D eigenvalue weighted by atomic mass is 16.5. The van der Waals surface area contributed by atoms with Crippen molar-refractivity contribution in [1.82, 2.24) is 5.32 Å². The minimum atomic E-state index is -1.08. The number of carboxylic acids is 1. The number of ether oxygens (including phenoxy) is 1. The Morgan fingerprint density at radius 3 is 2.14 bits per heavy atom. The van der Waals surface area contributed by atoms with E-state index in [1.54, 1.807) is 37.3 Å². The molecule has 3 N–H and O–H groups in total. The largest absolute Gasteiger partial charge is 0.497 e. The van der Waals surface area contributed by atoms with Gasteiger partial charge in [-0.3, -0.25) is 9.59 Å². The molecule has 2 amide bonds. The molecule has 0 bridgehead atoms. The maximum Gasteiger partial charge on any atom is 0.335 e. The Labute approximate surface area is 163 Å². The highest BCUT2D eigenvalue weighted by Gasteiger charge is 2.25. The van der Waals surface area contributed by atoms with Crippen LogP contribution in [0.1, 0.15) is 40.1 Å². The van der Waals surface area contributed by atoms with Crippen LogP contribution in [0.2, 0.25) is 0 Å². The minimum absolute atomic E-state index is 0.0734. The zero-order chi connectivity index (χ0) is 20.8. The van der Waals surface area contributed by atoms with Crippen LogP contribution >= 0.6 is 0 Å². The van der Waals surface area contributed by atoms with Gasteiger partial charge in [0.1, 0.15) is 11.8 Å². The van der Waals surface area contributed by atoms with E-state index in [1.165, 1.54) is 19.2 Å². The first-order valence-corrected chi connectivity index (χ1v) is 8.82. The summed E-state index contributed by atoms with van der Waals surface area (Å²) in [5.41, 5.74) is 1.60. The second kappa shape index (κ2) is 9.03. The fourth-order valence-corrected chi connectivity index (χ4v) is 2.60. The van der Waals surface area contributed by atoms with Gasteiger partial charge in [-0.2, -0.15) is 0 Å². The molecule has 0 aromatic heterocycles. The molecule has 148 valence electrons. The molecule has 7 nitrogen and oxygen atoms in total. The predicted octanol–water partition coefficient (Wildman–Crippen LogP) is 3.09. The van der Waals surface area contributed by atoms with Crippen molar-refractivity contribution in [3.05, 3.63) is 59.2 Å². The molecule has 2 aromatic rings. The van der Waals surface area contributed by atoms with Gasteiger partial charge < -0.3 is 20.5 Å². The molecule has 1 atom stereocenters. The van der Waals surface area contributed by atoms with E-state index in [9.17, 15) is 14.4 Å². The van der Waals surface area contributed by atoms with Crippen LogP contribution in [0.4, 0.5) is 5.69 Å². The zero-order valence-electron chi connectivity index (χ0n) is 16.3. The summed E-state index contributed by atoms with van der Waals surface area (Å²) in [5.74, 6) is -1.42. The van der Waals surface area contributed by atoms with Gasteiger partial charge in [0.25, 0.3) is 5.91 Å². The van der Waals surface area contributed by atoms with Gasteiger partial charge >= 0.3 is 5.97 Å². The van der Waals surface area contributed by atoms with Crippen LogP contribution in [0.15, 0.2) is 42.5 Å². The standard InChI is InChI=1S/C21H24N2O5/c1-12(2)18(23-19(24)14-7-9-16(28-4)10-8-14)20(25)22-17-11-15(21(26)27)6-5-13(17)3/h5-12,18H,1-4H3,(H,22,25)(H,23,24)(H,26,27). The highest BCUT2D eigenvalue weighted by Crippen LogP contribution is 2.18. The molecule has 0 heterocycles. The van der Waals surface area contributed by atoms with E-state index < -0.39 is 17.9 Å². The first-order chi connectivity index (χ1) is 13.2. The van der Waals surface area contributed by atoms with E-state index in [0.717, 1.165) is 5.56 Å². The maximum absolute atomic E-state index is 12.8. The molecule has 0 aliphatic carbocycles. The number of nitrogens with one attached hydrogen (secondary N) is 2. The van der Waals surface area contributed by atoms with Crippen molar-refractivity contribution in [2.75, 3.05) is 12.4 Å². The summed E-state index contributed by atoms with van der Waals surface area (Å²) < 4.78 is 5.07. The summed E-state index contributed by atoms with van der Waals surface area (Å²) in [6.07, 6.45) is 0. The molecule has 0 aliphatic rings. The molecule has 0 fully saturated rings. The Morgan fingerprint density at radius 2 is 1.61 bits per heavy atom. The van der Waals surface area contributed by atoms with Crippen LogP contribution in [0.3, 0.4) is 0 Å². The number of hydrogen-bond donors (Lipinski definition) is 3. The molecule has 2 aromatic carbocycles. The predicted molar refractivity (Wildman–Crippen MR) is 106 cm³/mol. The minimum Gasteiger partial charge on any atom is -0.497 e. The number of aromatic carboxylic acids is 1. The number of amides is 2. The fourth-order valence-electron chi connectivity index (χ4n) is 2.60. The average Bonchev–Trinajstić information content (AvgIpc) is 2.67. The van der Waals surface area contributed by atoms with E-state index in [1.807, 2.05) is 13.8 Å². The monoisotopic (exact) mass is 384 g/mol. The van der Waals surface area contributed by atoms with Crippen molar-refractivity contribution in [3.63, 3.8) is 0 Å². The summed E-state index contributed by atoms with van der Waals surface area (Å²) in [5, 5.41) is 14.6. The van der Waals surface area contributed by atoms with Crippen molar-refractivity contribution in [2.24, 2.45) is 5.92 Å². The quantitative estimate of drug-likeness (QED) is 0.680. The van der Waals surface area contributed by atoms with Gasteiger partial charge in [0.2, 0.25) is 5.91 Å². The average molecular weight is 384 g/mol. The van der Waals surface area contributed by atoms with E-state index in [4.69, 9.17) is 9.84 Å². The van der Waals surface area contributed by atoms with Crippen molar-refractivity contribution >= 4 is 23.5 Å². The number of carbonyl (C=O) groups excluding carboxylic acids is 2. The molecule has 0 spiro atoms. The van der Waals surface area contributed by atoms with Crippen LogP contribution in [0.5, 0.6) is 5.75 Å². The summed E-state index contributed by atoms with van der Waals surface area (Å²) in [7, 11) is 1.54. The highest BCUT2D eigenvalue weighted by molar-refractivity contribution is 6.02. The molecule has 7 heteroatoms. The number of carboxylic acid groups (broad SMARTS) is 1. The van der Waals surface area contributed by atoms with Gasteiger partial charge in [0.15, 0.2) is 0 Å². The Bertz CT molecular complexity index is 875. The molecule has 0 radical (unpaired) electrons. The van der Waals surface area contributed by atoms with Crippen molar-refractivity contribution in [2.45, 2.75) is 26.8 Å². The lowest BCUT2D eigenvalue weighted by atomic mass is 10.0. The third-order valence-electron chi connectivity index (χ3n) is 4.33. The van der Waals surface area contributed by atoms with Crippen molar-refractivity contribution in [1.29, 1.82) is 0 Å². The zero-order valence-corrected chi connectivity index (χ0v) is 16.3. The molecule has 28 heavy (non-hydrogen) atoms.